The molecule has 16 heavy (non-hydrogen) atoms. The summed E-state index contributed by atoms with van der Waals surface area (Å²) in [6.45, 7) is 2.11. The molecule has 0 aromatic heterocycles. The zero-order chi connectivity index (χ0) is 11.3. The van der Waals surface area contributed by atoms with Gasteiger partial charge in [-0.2, -0.15) is 0 Å². The molecule has 1 fully saturated rings. The predicted molar refractivity (Wildman–Crippen MR) is 61.5 cm³/mol. The third-order valence-electron chi connectivity index (χ3n) is 4.31. The van der Waals surface area contributed by atoms with Crippen LogP contribution >= 0.6 is 0 Å². The largest absolute Gasteiger partial charge is 0.481 e. The summed E-state index contributed by atoms with van der Waals surface area (Å²) < 4.78 is 0. The number of fused-ring (bicyclic) bond motifs is 2. The topological polar surface area (TPSA) is 37.3 Å². The molecule has 0 amide bonds. The maximum Gasteiger partial charge on any atom is 0.307 e. The van der Waals surface area contributed by atoms with Crippen LogP contribution in [0.25, 0.3) is 0 Å². The molecule has 2 aliphatic carbocycles. The Morgan fingerprint density at radius 2 is 2.19 bits per heavy atom. The van der Waals surface area contributed by atoms with Crippen LogP contribution in [0, 0.1) is 12.8 Å². The lowest BCUT2D eigenvalue weighted by molar-refractivity contribution is -0.143. The molecule has 2 nitrogen and oxygen atoms in total. The molecular weight excluding hydrogens is 200 g/mol. The number of aliphatic carboxylic acids is 1. The van der Waals surface area contributed by atoms with Gasteiger partial charge in [-0.15, -0.1) is 0 Å². The van der Waals surface area contributed by atoms with Gasteiger partial charge in [0.2, 0.25) is 0 Å². The van der Waals surface area contributed by atoms with Crippen molar-refractivity contribution in [3.8, 4) is 0 Å². The Morgan fingerprint density at radius 3 is 2.81 bits per heavy atom. The van der Waals surface area contributed by atoms with Crippen LogP contribution in [0.4, 0.5) is 0 Å². The van der Waals surface area contributed by atoms with E-state index in [9.17, 15) is 9.90 Å². The van der Waals surface area contributed by atoms with Gasteiger partial charge in [0, 0.05) is 5.41 Å². The van der Waals surface area contributed by atoms with Crippen molar-refractivity contribution < 1.29 is 9.90 Å². The maximum atomic E-state index is 11.3. The van der Waals surface area contributed by atoms with Crippen LogP contribution in [0.1, 0.15) is 36.0 Å². The van der Waals surface area contributed by atoms with Gasteiger partial charge >= 0.3 is 5.97 Å². The summed E-state index contributed by atoms with van der Waals surface area (Å²) in [5.41, 5.74) is 4.01. The number of benzene rings is 1. The monoisotopic (exact) mass is 216 g/mol. The first kappa shape index (κ1) is 9.88. The van der Waals surface area contributed by atoms with E-state index in [1.54, 1.807) is 0 Å². The molecular formula is C14H16O2. The highest BCUT2D eigenvalue weighted by Gasteiger charge is 2.56. The molecule has 0 bridgehead atoms. The second-order valence-corrected chi connectivity index (χ2v) is 5.19. The Morgan fingerprint density at radius 1 is 1.44 bits per heavy atom. The average molecular weight is 216 g/mol. The van der Waals surface area contributed by atoms with Gasteiger partial charge in [-0.1, -0.05) is 18.2 Å². The Balaban J connectivity index is 2.15. The highest BCUT2D eigenvalue weighted by Crippen LogP contribution is 2.59. The quantitative estimate of drug-likeness (QED) is 0.783. The van der Waals surface area contributed by atoms with E-state index in [0.717, 1.165) is 25.7 Å². The Kier molecular flexibility index (Phi) is 1.91. The minimum Gasteiger partial charge on any atom is -0.481 e. The van der Waals surface area contributed by atoms with Crippen LogP contribution < -0.4 is 0 Å². The summed E-state index contributed by atoms with van der Waals surface area (Å²) in [5, 5.41) is 9.33. The lowest BCUT2D eigenvalue weighted by Crippen LogP contribution is -2.33. The summed E-state index contributed by atoms with van der Waals surface area (Å²) in [7, 11) is 0. The molecule has 2 aliphatic rings. The van der Waals surface area contributed by atoms with Crippen molar-refractivity contribution >= 4 is 5.97 Å². The molecule has 0 aliphatic heterocycles. The molecule has 0 saturated heterocycles. The summed E-state index contributed by atoms with van der Waals surface area (Å²) in [5.74, 6) is -0.757. The number of aryl methyl sites for hydroxylation is 2. The maximum absolute atomic E-state index is 11.3. The fourth-order valence-corrected chi connectivity index (χ4v) is 3.49. The van der Waals surface area contributed by atoms with Crippen LogP contribution in [-0.4, -0.2) is 11.1 Å². The third kappa shape index (κ3) is 1.16. The number of hydrogen-bond donors (Lipinski definition) is 1. The number of carboxylic acids is 1. The first-order chi connectivity index (χ1) is 7.65. The minimum absolute atomic E-state index is 0.00917. The van der Waals surface area contributed by atoms with Gasteiger partial charge < -0.3 is 5.11 Å². The van der Waals surface area contributed by atoms with Gasteiger partial charge in [0.25, 0.3) is 0 Å². The Labute approximate surface area is 95.3 Å². The molecule has 0 heterocycles. The molecule has 84 valence electrons. The van der Waals surface area contributed by atoms with E-state index >= 15 is 0 Å². The molecule has 1 N–H and O–H groups in total. The fraction of sp³-hybridized carbons (Fsp3) is 0.500. The third-order valence-corrected chi connectivity index (χ3v) is 4.31. The zero-order valence-corrected chi connectivity index (χ0v) is 9.49. The van der Waals surface area contributed by atoms with E-state index in [1.807, 2.05) is 0 Å². The first-order valence-electron chi connectivity index (χ1n) is 5.97. The number of rotatable bonds is 1. The molecule has 3 rings (SSSR count). The molecule has 1 aromatic rings. The van der Waals surface area contributed by atoms with Crippen LogP contribution in [0.5, 0.6) is 0 Å². The second-order valence-electron chi connectivity index (χ2n) is 5.19. The molecule has 1 aromatic carbocycles. The van der Waals surface area contributed by atoms with E-state index in [2.05, 4.69) is 25.1 Å². The van der Waals surface area contributed by atoms with Gasteiger partial charge in [-0.25, -0.2) is 0 Å². The van der Waals surface area contributed by atoms with Gasteiger partial charge in [0.05, 0.1) is 5.92 Å². The van der Waals surface area contributed by atoms with Crippen molar-refractivity contribution in [2.24, 2.45) is 5.92 Å². The summed E-state index contributed by atoms with van der Waals surface area (Å²) in [6.07, 6.45) is 3.85. The minimum atomic E-state index is -0.605. The molecule has 0 radical (unpaired) electrons. The predicted octanol–water partition coefficient (Wildman–Crippen LogP) is 2.67. The van der Waals surface area contributed by atoms with Gasteiger partial charge in [0.1, 0.15) is 0 Å². The lowest BCUT2D eigenvalue weighted by Gasteiger charge is -2.32. The summed E-state index contributed by atoms with van der Waals surface area (Å²) in [4.78, 5) is 11.3. The number of hydrogen-bond acceptors (Lipinski definition) is 1. The Hall–Kier alpha value is -1.31. The van der Waals surface area contributed by atoms with E-state index in [0.29, 0.717) is 0 Å². The average Bonchev–Trinajstić information content (AvgIpc) is 2.99. The van der Waals surface area contributed by atoms with E-state index in [-0.39, 0.29) is 11.3 Å². The molecule has 1 saturated carbocycles. The van der Waals surface area contributed by atoms with Crippen LogP contribution in [-0.2, 0) is 16.6 Å². The van der Waals surface area contributed by atoms with E-state index in [4.69, 9.17) is 0 Å². The van der Waals surface area contributed by atoms with Crippen LogP contribution in [0.2, 0.25) is 0 Å². The SMILES string of the molecule is Cc1cccc2c1C1(CC1)C(C(=O)O)CC2. The lowest BCUT2D eigenvalue weighted by atomic mass is 9.71. The fourth-order valence-electron chi connectivity index (χ4n) is 3.49. The first-order valence-corrected chi connectivity index (χ1v) is 5.97. The standard InChI is InChI=1S/C14H16O2/c1-9-3-2-4-10-5-6-11(13(15)16)14(7-8-14)12(9)10/h2-4,11H,5-8H2,1H3,(H,15,16). The zero-order valence-electron chi connectivity index (χ0n) is 9.49. The van der Waals surface area contributed by atoms with E-state index < -0.39 is 5.97 Å². The van der Waals surface area contributed by atoms with Crippen molar-refractivity contribution in [1.29, 1.82) is 0 Å². The van der Waals surface area contributed by atoms with Gasteiger partial charge in [-0.3, -0.25) is 4.79 Å². The molecule has 1 atom stereocenters. The number of carboxylic acid groups (broad SMARTS) is 1. The van der Waals surface area contributed by atoms with Crippen molar-refractivity contribution in [3.63, 3.8) is 0 Å². The van der Waals surface area contributed by atoms with Crippen molar-refractivity contribution in [3.05, 3.63) is 34.9 Å². The Bertz CT molecular complexity index is 458. The summed E-state index contributed by atoms with van der Waals surface area (Å²) >= 11 is 0. The molecule has 1 spiro atoms. The molecule has 2 heteroatoms. The van der Waals surface area contributed by atoms with E-state index in [1.165, 1.54) is 16.7 Å². The second kappa shape index (κ2) is 3.09. The van der Waals surface area contributed by atoms with Crippen LogP contribution in [0.15, 0.2) is 18.2 Å². The van der Waals surface area contributed by atoms with Gasteiger partial charge in [-0.05, 0) is 49.3 Å². The van der Waals surface area contributed by atoms with Gasteiger partial charge in [0.15, 0.2) is 0 Å². The van der Waals surface area contributed by atoms with Crippen molar-refractivity contribution in [1.82, 2.24) is 0 Å². The smallest absolute Gasteiger partial charge is 0.307 e. The highest BCUT2D eigenvalue weighted by molar-refractivity contribution is 5.75. The highest BCUT2D eigenvalue weighted by atomic mass is 16.4. The normalized spacial score (nSPS) is 25.2. The van der Waals surface area contributed by atoms with Crippen molar-refractivity contribution in [2.75, 3.05) is 0 Å². The van der Waals surface area contributed by atoms with Crippen LogP contribution in [0.3, 0.4) is 0 Å². The number of carbonyl (C=O) groups is 1. The van der Waals surface area contributed by atoms with Crippen molar-refractivity contribution in [2.45, 2.75) is 38.0 Å². The molecule has 1 unspecified atom stereocenters. The summed E-state index contributed by atoms with van der Waals surface area (Å²) in [6, 6.07) is 6.37.